The molecule has 0 amide bonds. The molecule has 0 fully saturated rings. The van der Waals surface area contributed by atoms with Gasteiger partial charge in [0.2, 0.25) is 0 Å². The number of ether oxygens (including phenoxy) is 2. The standard InChI is InChI=1S/C14H20N2O2S/c1-4-10(7-8-19-14(15)16)11-5-6-12(17-2)13(9-11)18-3/h5-7,9H,4,8H2,1-3H3,(H3,15,16)/b10-7+. The van der Waals surface area contributed by atoms with Gasteiger partial charge >= 0.3 is 0 Å². The van der Waals surface area contributed by atoms with Crippen molar-refractivity contribution < 1.29 is 9.47 Å². The lowest BCUT2D eigenvalue weighted by atomic mass is 10.0. The van der Waals surface area contributed by atoms with E-state index in [4.69, 9.17) is 20.6 Å². The molecule has 0 heterocycles. The van der Waals surface area contributed by atoms with Gasteiger partial charge in [0.15, 0.2) is 16.7 Å². The molecule has 0 atom stereocenters. The lowest BCUT2D eigenvalue weighted by molar-refractivity contribution is 0.355. The van der Waals surface area contributed by atoms with Crippen LogP contribution < -0.4 is 15.2 Å². The summed E-state index contributed by atoms with van der Waals surface area (Å²) in [5.74, 6) is 2.14. The minimum atomic E-state index is 0.138. The molecular weight excluding hydrogens is 260 g/mol. The molecule has 19 heavy (non-hydrogen) atoms. The Morgan fingerprint density at radius 3 is 2.53 bits per heavy atom. The molecule has 1 rings (SSSR count). The SMILES string of the molecule is CC/C(=C\CSC(=N)N)c1ccc(OC)c(OC)c1. The maximum absolute atomic E-state index is 7.19. The third-order valence-corrected chi connectivity index (χ3v) is 3.35. The normalized spacial score (nSPS) is 11.2. The average molecular weight is 280 g/mol. The molecule has 1 aromatic rings. The van der Waals surface area contributed by atoms with Crippen LogP contribution in [0.1, 0.15) is 18.9 Å². The number of amidine groups is 1. The highest BCUT2D eigenvalue weighted by Gasteiger charge is 2.07. The van der Waals surface area contributed by atoms with Crippen molar-refractivity contribution in [2.24, 2.45) is 5.73 Å². The van der Waals surface area contributed by atoms with E-state index in [0.29, 0.717) is 5.75 Å². The lowest BCUT2D eigenvalue weighted by Crippen LogP contribution is -2.03. The van der Waals surface area contributed by atoms with Crippen LogP contribution in [0.4, 0.5) is 0 Å². The zero-order valence-electron chi connectivity index (χ0n) is 11.5. The van der Waals surface area contributed by atoms with Crippen LogP contribution in [-0.2, 0) is 0 Å². The summed E-state index contributed by atoms with van der Waals surface area (Å²) in [6.45, 7) is 2.10. The zero-order valence-corrected chi connectivity index (χ0v) is 12.3. The van der Waals surface area contributed by atoms with E-state index in [1.54, 1.807) is 14.2 Å². The third kappa shape index (κ3) is 4.52. The summed E-state index contributed by atoms with van der Waals surface area (Å²) >= 11 is 1.32. The van der Waals surface area contributed by atoms with Crippen LogP contribution in [0.2, 0.25) is 0 Å². The Morgan fingerprint density at radius 2 is 2.00 bits per heavy atom. The van der Waals surface area contributed by atoms with Gasteiger partial charge in [-0.05, 0) is 29.7 Å². The van der Waals surface area contributed by atoms with Gasteiger partial charge in [-0.2, -0.15) is 0 Å². The Balaban J connectivity index is 2.95. The molecule has 5 heteroatoms. The lowest BCUT2D eigenvalue weighted by Gasteiger charge is -2.11. The van der Waals surface area contributed by atoms with Crippen molar-refractivity contribution >= 4 is 22.5 Å². The molecule has 0 aliphatic heterocycles. The molecule has 104 valence electrons. The molecule has 0 aliphatic carbocycles. The summed E-state index contributed by atoms with van der Waals surface area (Å²) in [6.07, 6.45) is 3.00. The van der Waals surface area contributed by atoms with E-state index in [9.17, 15) is 0 Å². The number of thioether (sulfide) groups is 1. The second-order valence-electron chi connectivity index (χ2n) is 3.83. The molecule has 0 aliphatic rings. The topological polar surface area (TPSA) is 68.3 Å². The fraction of sp³-hybridized carbons (Fsp3) is 0.357. The van der Waals surface area contributed by atoms with Crippen molar-refractivity contribution in [2.75, 3.05) is 20.0 Å². The van der Waals surface area contributed by atoms with Crippen LogP contribution in [0.15, 0.2) is 24.3 Å². The average Bonchev–Trinajstić information content (AvgIpc) is 2.42. The quantitative estimate of drug-likeness (QED) is 0.620. The van der Waals surface area contributed by atoms with Gasteiger partial charge in [0.05, 0.1) is 14.2 Å². The van der Waals surface area contributed by atoms with Gasteiger partial charge in [-0.25, -0.2) is 0 Å². The maximum atomic E-state index is 7.19. The number of nitrogens with two attached hydrogens (primary N) is 1. The number of hydrogen-bond donors (Lipinski definition) is 2. The predicted molar refractivity (Wildman–Crippen MR) is 82.2 cm³/mol. The number of nitrogens with one attached hydrogen (secondary N) is 1. The number of allylic oxidation sites excluding steroid dienone is 1. The highest BCUT2D eigenvalue weighted by atomic mass is 32.2. The van der Waals surface area contributed by atoms with Crippen molar-refractivity contribution in [3.05, 3.63) is 29.8 Å². The number of methoxy groups -OCH3 is 2. The van der Waals surface area contributed by atoms with Crippen molar-refractivity contribution in [1.29, 1.82) is 5.41 Å². The first kappa shape index (κ1) is 15.4. The van der Waals surface area contributed by atoms with Crippen molar-refractivity contribution in [2.45, 2.75) is 13.3 Å². The van der Waals surface area contributed by atoms with Crippen molar-refractivity contribution in [3.8, 4) is 11.5 Å². The summed E-state index contributed by atoms with van der Waals surface area (Å²) in [5.41, 5.74) is 7.63. The molecule has 0 spiro atoms. The van der Waals surface area contributed by atoms with Gasteiger partial charge < -0.3 is 15.2 Å². The van der Waals surface area contributed by atoms with E-state index in [-0.39, 0.29) is 5.17 Å². The molecule has 0 radical (unpaired) electrons. The van der Waals surface area contributed by atoms with Crippen LogP contribution >= 0.6 is 11.8 Å². The highest BCUT2D eigenvalue weighted by molar-refractivity contribution is 8.13. The van der Waals surface area contributed by atoms with Crippen LogP contribution in [0.5, 0.6) is 11.5 Å². The molecule has 3 N–H and O–H groups in total. The van der Waals surface area contributed by atoms with Crippen molar-refractivity contribution in [3.63, 3.8) is 0 Å². The summed E-state index contributed by atoms with van der Waals surface area (Å²) in [5, 5.41) is 7.33. The first-order chi connectivity index (χ1) is 9.12. The van der Waals surface area contributed by atoms with E-state index in [0.717, 1.165) is 23.5 Å². The summed E-state index contributed by atoms with van der Waals surface area (Å²) < 4.78 is 10.5. The fourth-order valence-corrected chi connectivity index (χ4v) is 2.20. The summed E-state index contributed by atoms with van der Waals surface area (Å²) in [7, 11) is 3.25. The smallest absolute Gasteiger partial charge is 0.161 e. The minimum Gasteiger partial charge on any atom is -0.493 e. The Hall–Kier alpha value is -1.62. The zero-order chi connectivity index (χ0) is 14.3. The molecule has 0 aromatic heterocycles. The Bertz CT molecular complexity index is 473. The van der Waals surface area contributed by atoms with E-state index in [2.05, 4.69) is 13.0 Å². The van der Waals surface area contributed by atoms with Gasteiger partial charge in [-0.15, -0.1) is 0 Å². The molecule has 0 unspecified atom stereocenters. The highest BCUT2D eigenvalue weighted by Crippen LogP contribution is 2.31. The van der Waals surface area contributed by atoms with Crippen LogP contribution in [0.25, 0.3) is 5.57 Å². The number of hydrogen-bond acceptors (Lipinski definition) is 4. The number of rotatable bonds is 6. The van der Waals surface area contributed by atoms with Crippen LogP contribution in [0.3, 0.4) is 0 Å². The van der Waals surface area contributed by atoms with E-state index < -0.39 is 0 Å². The largest absolute Gasteiger partial charge is 0.493 e. The summed E-state index contributed by atoms with van der Waals surface area (Å²) in [6, 6.07) is 5.87. The van der Waals surface area contributed by atoms with Gasteiger partial charge in [0, 0.05) is 5.75 Å². The molecule has 0 saturated carbocycles. The summed E-state index contributed by atoms with van der Waals surface area (Å²) in [4.78, 5) is 0. The Kier molecular flexibility index (Phi) is 6.29. The van der Waals surface area contributed by atoms with E-state index in [1.807, 2.05) is 18.2 Å². The Labute approximate surface area is 118 Å². The van der Waals surface area contributed by atoms with Gasteiger partial charge in [-0.3, -0.25) is 5.41 Å². The predicted octanol–water partition coefficient (Wildman–Crippen LogP) is 3.12. The molecular formula is C14H20N2O2S. The van der Waals surface area contributed by atoms with Gasteiger partial charge in [0.25, 0.3) is 0 Å². The monoisotopic (exact) mass is 280 g/mol. The second-order valence-corrected chi connectivity index (χ2v) is 4.89. The van der Waals surface area contributed by atoms with E-state index in [1.165, 1.54) is 17.3 Å². The molecule has 1 aromatic carbocycles. The first-order valence-electron chi connectivity index (χ1n) is 6.00. The maximum Gasteiger partial charge on any atom is 0.161 e. The van der Waals surface area contributed by atoms with Crippen molar-refractivity contribution in [1.82, 2.24) is 0 Å². The third-order valence-electron chi connectivity index (χ3n) is 2.70. The molecule has 0 saturated heterocycles. The molecule has 4 nitrogen and oxygen atoms in total. The van der Waals surface area contributed by atoms with Crippen LogP contribution in [-0.4, -0.2) is 25.1 Å². The Morgan fingerprint density at radius 1 is 1.32 bits per heavy atom. The van der Waals surface area contributed by atoms with Gasteiger partial charge in [0.1, 0.15) is 0 Å². The first-order valence-corrected chi connectivity index (χ1v) is 6.99. The van der Waals surface area contributed by atoms with Crippen LogP contribution in [0, 0.1) is 5.41 Å². The second kappa shape index (κ2) is 7.74. The fourth-order valence-electron chi connectivity index (χ4n) is 1.73. The van der Waals surface area contributed by atoms with Gasteiger partial charge in [-0.1, -0.05) is 30.8 Å². The molecule has 0 bridgehead atoms. The van der Waals surface area contributed by atoms with E-state index >= 15 is 0 Å². The minimum absolute atomic E-state index is 0.138. The number of benzene rings is 1.